The number of hydrogen-bond acceptors (Lipinski definition) is 4. The largest absolute Gasteiger partial charge is 0.384 e. The Bertz CT molecular complexity index is 1060. The molecule has 1 aromatic carbocycles. The van der Waals surface area contributed by atoms with Gasteiger partial charge < -0.3 is 15.0 Å². The molecule has 4 rings (SSSR count). The number of nitrogens with zero attached hydrogens (tertiary/aromatic N) is 3. The molecule has 3 aromatic heterocycles. The molecule has 0 amide bonds. The molecule has 0 aliphatic carbocycles. The van der Waals surface area contributed by atoms with E-state index in [1.165, 1.54) is 0 Å². The first kappa shape index (κ1) is 14.5. The minimum Gasteiger partial charge on any atom is -0.384 e. The van der Waals surface area contributed by atoms with Crippen molar-refractivity contribution in [3.05, 3.63) is 42.1 Å². The molecular weight excluding hydrogens is 307 g/mol. The molecule has 0 unspecified atom stereocenters. The molecule has 3 N–H and O–H groups in total. The lowest BCUT2D eigenvalue weighted by molar-refractivity contribution is 0.624. The Balaban J connectivity index is 2.02. The van der Waals surface area contributed by atoms with Crippen molar-refractivity contribution in [2.75, 3.05) is 24.7 Å². The van der Waals surface area contributed by atoms with Gasteiger partial charge in [-0.3, -0.25) is 5.10 Å². The van der Waals surface area contributed by atoms with Gasteiger partial charge in [-0.25, -0.2) is 9.37 Å². The number of aromatic nitrogens is 4. The van der Waals surface area contributed by atoms with Gasteiger partial charge in [0.2, 0.25) is 0 Å². The van der Waals surface area contributed by atoms with Gasteiger partial charge in [-0.1, -0.05) is 0 Å². The first-order valence-corrected chi connectivity index (χ1v) is 7.63. The summed E-state index contributed by atoms with van der Waals surface area (Å²) in [5, 5.41) is 13.8. The zero-order valence-corrected chi connectivity index (χ0v) is 13.6. The second-order valence-electron chi connectivity index (χ2n) is 5.66. The molecule has 0 saturated carbocycles. The van der Waals surface area contributed by atoms with Crippen LogP contribution in [0.15, 0.2) is 30.7 Å². The topological polar surface area (TPSA) is 70.0 Å². The molecule has 0 atom stereocenters. The summed E-state index contributed by atoms with van der Waals surface area (Å²) in [6, 6.07) is 3.88. The van der Waals surface area contributed by atoms with Gasteiger partial charge in [0.25, 0.3) is 0 Å². The Kier molecular flexibility index (Phi) is 3.16. The molecule has 122 valence electrons. The van der Waals surface area contributed by atoms with Gasteiger partial charge in [0.1, 0.15) is 11.5 Å². The normalized spacial score (nSPS) is 11.3. The zero-order chi connectivity index (χ0) is 16.8. The van der Waals surface area contributed by atoms with Crippen LogP contribution in [0, 0.1) is 12.7 Å². The molecule has 4 aromatic rings. The monoisotopic (exact) mass is 324 g/mol. The number of anilines is 2. The highest BCUT2D eigenvalue weighted by molar-refractivity contribution is 6.02. The summed E-state index contributed by atoms with van der Waals surface area (Å²) in [6.07, 6.45) is 5.59. The summed E-state index contributed by atoms with van der Waals surface area (Å²) in [5.41, 5.74) is 4.25. The number of benzene rings is 1. The molecule has 0 aliphatic heterocycles. The molecule has 0 bridgehead atoms. The fraction of sp³-hybridized carbons (Fsp3) is 0.176. The summed E-state index contributed by atoms with van der Waals surface area (Å²) in [6.45, 7) is 1.79. The highest BCUT2D eigenvalue weighted by Crippen LogP contribution is 2.37. The average Bonchev–Trinajstić information content (AvgIpc) is 3.22. The third kappa shape index (κ3) is 1.94. The predicted molar refractivity (Wildman–Crippen MR) is 94.1 cm³/mol. The SMILES string of the molecule is CNc1cn2cc(-c3c(C)c(F)c(NC)c4[nH]ncc34)ccc2n1. The second-order valence-corrected chi connectivity index (χ2v) is 5.66. The Morgan fingerprint density at radius 1 is 1.17 bits per heavy atom. The molecule has 0 aliphatic rings. The van der Waals surface area contributed by atoms with E-state index in [0.717, 1.165) is 28.0 Å². The summed E-state index contributed by atoms with van der Waals surface area (Å²) < 4.78 is 16.7. The average molecular weight is 324 g/mol. The maximum atomic E-state index is 14.8. The Labute approximate surface area is 137 Å². The smallest absolute Gasteiger partial charge is 0.152 e. The Morgan fingerprint density at radius 2 is 2.00 bits per heavy atom. The highest BCUT2D eigenvalue weighted by atomic mass is 19.1. The van der Waals surface area contributed by atoms with Gasteiger partial charge in [0, 0.05) is 31.2 Å². The van der Waals surface area contributed by atoms with Crippen LogP contribution >= 0.6 is 0 Å². The van der Waals surface area contributed by atoms with Crippen molar-refractivity contribution in [2.24, 2.45) is 0 Å². The molecule has 7 heteroatoms. The lowest BCUT2D eigenvalue weighted by Gasteiger charge is -2.13. The minimum atomic E-state index is -0.272. The quantitative estimate of drug-likeness (QED) is 0.540. The number of nitrogens with one attached hydrogen (secondary N) is 3. The summed E-state index contributed by atoms with van der Waals surface area (Å²) in [5.74, 6) is 0.514. The van der Waals surface area contributed by atoms with Crippen molar-refractivity contribution in [3.8, 4) is 11.1 Å². The number of rotatable bonds is 3. The number of fused-ring (bicyclic) bond motifs is 2. The van der Waals surface area contributed by atoms with Crippen LogP contribution in [0.1, 0.15) is 5.56 Å². The van der Waals surface area contributed by atoms with Crippen LogP contribution in [0.4, 0.5) is 15.9 Å². The van der Waals surface area contributed by atoms with Crippen LogP contribution in [-0.4, -0.2) is 33.7 Å². The van der Waals surface area contributed by atoms with Gasteiger partial charge in [-0.05, 0) is 30.2 Å². The fourth-order valence-corrected chi connectivity index (χ4v) is 3.14. The lowest BCUT2D eigenvalue weighted by Crippen LogP contribution is -1.99. The van der Waals surface area contributed by atoms with Crippen molar-refractivity contribution in [2.45, 2.75) is 6.92 Å². The van der Waals surface area contributed by atoms with E-state index in [1.54, 1.807) is 20.2 Å². The zero-order valence-electron chi connectivity index (χ0n) is 13.6. The molecular formula is C17H17FN6. The van der Waals surface area contributed by atoms with Crippen molar-refractivity contribution in [1.82, 2.24) is 19.6 Å². The number of aromatic amines is 1. The van der Waals surface area contributed by atoms with Crippen molar-refractivity contribution < 1.29 is 4.39 Å². The first-order valence-electron chi connectivity index (χ1n) is 7.63. The van der Waals surface area contributed by atoms with Gasteiger partial charge in [-0.15, -0.1) is 0 Å². The van der Waals surface area contributed by atoms with Crippen LogP contribution < -0.4 is 10.6 Å². The van der Waals surface area contributed by atoms with E-state index in [2.05, 4.69) is 25.8 Å². The number of pyridine rings is 1. The molecule has 0 fully saturated rings. The lowest BCUT2D eigenvalue weighted by atomic mass is 9.96. The van der Waals surface area contributed by atoms with Crippen LogP contribution in [0.5, 0.6) is 0 Å². The van der Waals surface area contributed by atoms with E-state index in [1.807, 2.05) is 36.0 Å². The van der Waals surface area contributed by atoms with Crippen LogP contribution in [-0.2, 0) is 0 Å². The summed E-state index contributed by atoms with van der Waals surface area (Å²) in [7, 11) is 3.53. The minimum absolute atomic E-state index is 0.272. The summed E-state index contributed by atoms with van der Waals surface area (Å²) in [4.78, 5) is 4.43. The van der Waals surface area contributed by atoms with Gasteiger partial charge in [-0.2, -0.15) is 5.10 Å². The number of halogens is 1. The van der Waals surface area contributed by atoms with Crippen LogP contribution in [0.2, 0.25) is 0 Å². The molecule has 3 heterocycles. The fourth-order valence-electron chi connectivity index (χ4n) is 3.14. The van der Waals surface area contributed by atoms with Gasteiger partial charge in [0.05, 0.1) is 23.6 Å². The van der Waals surface area contributed by atoms with Crippen LogP contribution in [0.3, 0.4) is 0 Å². The van der Waals surface area contributed by atoms with Gasteiger partial charge >= 0.3 is 0 Å². The standard InChI is InChI=1S/C17H17FN6/c1-9-14(11-6-21-23-16(11)17(20-3)15(9)18)10-4-5-13-22-12(19-2)8-24(13)7-10/h4-8,19-20H,1-3H3,(H,21,23). The molecule has 0 spiro atoms. The molecule has 6 nitrogen and oxygen atoms in total. The van der Waals surface area contributed by atoms with E-state index >= 15 is 0 Å². The second kappa shape index (κ2) is 5.23. The third-order valence-corrected chi connectivity index (χ3v) is 4.33. The molecule has 24 heavy (non-hydrogen) atoms. The number of imidazole rings is 1. The summed E-state index contributed by atoms with van der Waals surface area (Å²) >= 11 is 0. The third-order valence-electron chi connectivity index (χ3n) is 4.33. The van der Waals surface area contributed by atoms with Crippen molar-refractivity contribution in [3.63, 3.8) is 0 Å². The van der Waals surface area contributed by atoms with E-state index < -0.39 is 0 Å². The predicted octanol–water partition coefficient (Wildman–Crippen LogP) is 3.41. The van der Waals surface area contributed by atoms with Crippen molar-refractivity contribution >= 4 is 28.1 Å². The van der Waals surface area contributed by atoms with Gasteiger partial charge in [0.15, 0.2) is 5.82 Å². The number of H-pyrrole nitrogens is 1. The Morgan fingerprint density at radius 3 is 2.75 bits per heavy atom. The molecule has 0 radical (unpaired) electrons. The van der Waals surface area contributed by atoms with E-state index in [9.17, 15) is 4.39 Å². The number of hydrogen-bond donors (Lipinski definition) is 3. The van der Waals surface area contributed by atoms with E-state index in [-0.39, 0.29) is 5.82 Å². The van der Waals surface area contributed by atoms with Crippen LogP contribution in [0.25, 0.3) is 27.7 Å². The molecule has 0 saturated heterocycles. The first-order chi connectivity index (χ1) is 11.6. The van der Waals surface area contributed by atoms with E-state index in [4.69, 9.17) is 0 Å². The Hall–Kier alpha value is -3.09. The van der Waals surface area contributed by atoms with E-state index in [0.29, 0.717) is 16.8 Å². The maximum Gasteiger partial charge on any atom is 0.152 e. The maximum absolute atomic E-state index is 14.8. The highest BCUT2D eigenvalue weighted by Gasteiger charge is 2.19. The van der Waals surface area contributed by atoms with Crippen molar-refractivity contribution in [1.29, 1.82) is 0 Å².